The van der Waals surface area contributed by atoms with Crippen LogP contribution in [0.3, 0.4) is 0 Å². The number of carbonyl (C=O) groups is 1. The lowest BCUT2D eigenvalue weighted by atomic mass is 10.2. The fourth-order valence-corrected chi connectivity index (χ4v) is 3.02. The van der Waals surface area contributed by atoms with Crippen LogP contribution in [0.4, 0.5) is 11.4 Å². The van der Waals surface area contributed by atoms with Gasteiger partial charge in [-0.2, -0.15) is 0 Å². The van der Waals surface area contributed by atoms with Crippen LogP contribution in [0.25, 0.3) is 0 Å². The second-order valence-corrected chi connectivity index (χ2v) is 6.42. The predicted molar refractivity (Wildman–Crippen MR) is 103 cm³/mol. The van der Waals surface area contributed by atoms with Crippen molar-refractivity contribution in [3.8, 4) is 0 Å². The molecule has 6 heteroatoms. The van der Waals surface area contributed by atoms with Crippen LogP contribution in [0, 0.1) is 0 Å². The average Bonchev–Trinajstić information content (AvgIpc) is 2.88. The summed E-state index contributed by atoms with van der Waals surface area (Å²) in [5, 5.41) is 6.84. The van der Waals surface area contributed by atoms with E-state index in [0.29, 0.717) is 24.5 Å². The molecule has 0 spiro atoms. The van der Waals surface area contributed by atoms with E-state index in [1.807, 2.05) is 0 Å². The van der Waals surface area contributed by atoms with Gasteiger partial charge in [-0.15, -0.1) is 0 Å². The van der Waals surface area contributed by atoms with Gasteiger partial charge in [-0.05, 0) is 55.7 Å². The van der Waals surface area contributed by atoms with E-state index in [-0.39, 0.29) is 5.97 Å². The van der Waals surface area contributed by atoms with Crippen molar-refractivity contribution in [2.75, 3.05) is 37.0 Å². The molecule has 0 aromatic heterocycles. The Labute approximate surface area is 149 Å². The van der Waals surface area contributed by atoms with E-state index in [2.05, 4.69) is 44.5 Å². The molecule has 0 unspecified atom stereocenters. The maximum absolute atomic E-state index is 11.0. The largest absolute Gasteiger partial charge is 0.469 e. The molecule has 0 atom stereocenters. The number of ether oxygens (including phenoxy) is 1. The first-order valence-electron chi connectivity index (χ1n) is 8.66. The Hall–Kier alpha value is -1.82. The molecule has 2 N–H and O–H groups in total. The number of hydrogen-bond acceptors (Lipinski definition) is 4. The minimum absolute atomic E-state index is 0.195. The Morgan fingerprint density at radius 3 is 2.46 bits per heavy atom. The molecule has 0 radical (unpaired) electrons. The summed E-state index contributed by atoms with van der Waals surface area (Å²) in [6, 6.07) is 8.41. The van der Waals surface area contributed by atoms with Crippen molar-refractivity contribution in [1.82, 2.24) is 5.32 Å². The topological polar surface area (TPSA) is 53.6 Å². The Bertz CT molecular complexity index is 526. The SMILES string of the molecule is COC(=O)CCCNC(=S)Nc1ccc(N2CCCCCC2)cc1. The summed E-state index contributed by atoms with van der Waals surface area (Å²) >= 11 is 5.27. The molecule has 1 heterocycles. The first-order valence-corrected chi connectivity index (χ1v) is 9.06. The van der Waals surface area contributed by atoms with E-state index in [4.69, 9.17) is 12.2 Å². The van der Waals surface area contributed by atoms with Crippen molar-refractivity contribution < 1.29 is 9.53 Å². The fourth-order valence-electron chi connectivity index (χ4n) is 2.80. The maximum atomic E-state index is 11.0. The number of nitrogens with one attached hydrogen (secondary N) is 2. The highest BCUT2D eigenvalue weighted by atomic mass is 32.1. The molecule has 0 saturated carbocycles. The molecule has 0 bridgehead atoms. The number of carbonyl (C=O) groups excluding carboxylic acids is 1. The molecule has 24 heavy (non-hydrogen) atoms. The lowest BCUT2D eigenvalue weighted by molar-refractivity contribution is -0.140. The third-order valence-electron chi connectivity index (χ3n) is 4.17. The molecule has 2 rings (SSSR count). The van der Waals surface area contributed by atoms with Gasteiger partial charge in [-0.25, -0.2) is 0 Å². The van der Waals surface area contributed by atoms with E-state index in [1.165, 1.54) is 38.5 Å². The van der Waals surface area contributed by atoms with Crippen molar-refractivity contribution in [3.63, 3.8) is 0 Å². The molecule has 5 nitrogen and oxygen atoms in total. The Morgan fingerprint density at radius 2 is 1.83 bits per heavy atom. The molecule has 1 aliphatic heterocycles. The Morgan fingerprint density at radius 1 is 1.17 bits per heavy atom. The molecule has 0 amide bonds. The first kappa shape index (κ1) is 18.5. The van der Waals surface area contributed by atoms with Crippen LogP contribution in [0.5, 0.6) is 0 Å². The molecule has 1 aliphatic rings. The monoisotopic (exact) mass is 349 g/mol. The van der Waals surface area contributed by atoms with E-state index >= 15 is 0 Å². The number of thiocarbonyl (C=S) groups is 1. The molecule has 1 aromatic carbocycles. The van der Waals surface area contributed by atoms with Crippen molar-refractivity contribution in [2.24, 2.45) is 0 Å². The fraction of sp³-hybridized carbons (Fsp3) is 0.556. The van der Waals surface area contributed by atoms with Crippen molar-refractivity contribution >= 4 is 34.7 Å². The second-order valence-electron chi connectivity index (χ2n) is 6.01. The lowest BCUT2D eigenvalue weighted by Gasteiger charge is -2.23. The quantitative estimate of drug-likeness (QED) is 0.467. The highest BCUT2D eigenvalue weighted by Gasteiger charge is 2.09. The number of esters is 1. The number of rotatable bonds is 6. The molecular weight excluding hydrogens is 322 g/mol. The Balaban J connectivity index is 1.74. The van der Waals surface area contributed by atoms with Gasteiger partial charge >= 0.3 is 5.97 Å². The lowest BCUT2D eigenvalue weighted by Crippen LogP contribution is -2.29. The van der Waals surface area contributed by atoms with E-state index in [1.54, 1.807) is 0 Å². The van der Waals surface area contributed by atoms with Crippen molar-refractivity contribution in [3.05, 3.63) is 24.3 Å². The van der Waals surface area contributed by atoms with Gasteiger partial charge in [0.15, 0.2) is 5.11 Å². The third kappa shape index (κ3) is 6.35. The molecule has 1 aromatic rings. The zero-order valence-corrected chi connectivity index (χ0v) is 15.2. The summed E-state index contributed by atoms with van der Waals surface area (Å²) < 4.78 is 4.60. The minimum atomic E-state index is -0.195. The van der Waals surface area contributed by atoms with E-state index in [0.717, 1.165) is 18.8 Å². The van der Waals surface area contributed by atoms with Gasteiger partial charge in [0.05, 0.1) is 7.11 Å². The molecule has 0 aliphatic carbocycles. The van der Waals surface area contributed by atoms with Gasteiger partial charge < -0.3 is 20.3 Å². The van der Waals surface area contributed by atoms with Crippen LogP contribution >= 0.6 is 12.2 Å². The number of methoxy groups -OCH3 is 1. The third-order valence-corrected chi connectivity index (χ3v) is 4.41. The van der Waals surface area contributed by atoms with Gasteiger partial charge in [-0.1, -0.05) is 12.8 Å². The number of benzene rings is 1. The highest BCUT2D eigenvalue weighted by Crippen LogP contribution is 2.21. The van der Waals surface area contributed by atoms with Gasteiger partial charge in [0, 0.05) is 37.4 Å². The van der Waals surface area contributed by atoms with Crippen LogP contribution in [-0.4, -0.2) is 37.8 Å². The molecule has 1 saturated heterocycles. The van der Waals surface area contributed by atoms with E-state index < -0.39 is 0 Å². The summed E-state index contributed by atoms with van der Waals surface area (Å²) in [5.74, 6) is -0.195. The van der Waals surface area contributed by atoms with Gasteiger partial charge in [0.1, 0.15) is 0 Å². The van der Waals surface area contributed by atoms with Crippen LogP contribution in [0.2, 0.25) is 0 Å². The van der Waals surface area contributed by atoms with E-state index in [9.17, 15) is 4.79 Å². The summed E-state index contributed by atoms with van der Waals surface area (Å²) in [5.41, 5.74) is 2.25. The molecule has 1 fully saturated rings. The first-order chi connectivity index (χ1) is 11.7. The number of anilines is 2. The van der Waals surface area contributed by atoms with Crippen LogP contribution in [-0.2, 0) is 9.53 Å². The maximum Gasteiger partial charge on any atom is 0.305 e. The van der Waals surface area contributed by atoms with Crippen molar-refractivity contribution in [1.29, 1.82) is 0 Å². The smallest absolute Gasteiger partial charge is 0.305 e. The minimum Gasteiger partial charge on any atom is -0.469 e. The van der Waals surface area contributed by atoms with Crippen LogP contribution in [0.1, 0.15) is 38.5 Å². The van der Waals surface area contributed by atoms with Crippen LogP contribution in [0.15, 0.2) is 24.3 Å². The van der Waals surface area contributed by atoms with Gasteiger partial charge in [0.2, 0.25) is 0 Å². The standard InChI is InChI=1S/C18H27N3O2S/c1-23-17(22)7-6-12-19-18(24)20-15-8-10-16(11-9-15)21-13-4-2-3-5-14-21/h8-11H,2-7,12-14H2,1H3,(H2,19,20,24). The highest BCUT2D eigenvalue weighted by molar-refractivity contribution is 7.80. The molecular formula is C18H27N3O2S. The number of nitrogens with zero attached hydrogens (tertiary/aromatic N) is 1. The summed E-state index contributed by atoms with van der Waals surface area (Å²) in [4.78, 5) is 13.5. The summed E-state index contributed by atoms with van der Waals surface area (Å²) in [7, 11) is 1.40. The summed E-state index contributed by atoms with van der Waals surface area (Å²) in [6.07, 6.45) is 6.33. The zero-order chi connectivity index (χ0) is 17.2. The van der Waals surface area contributed by atoms with Gasteiger partial charge in [-0.3, -0.25) is 4.79 Å². The predicted octanol–water partition coefficient (Wildman–Crippen LogP) is 3.31. The van der Waals surface area contributed by atoms with Crippen molar-refractivity contribution in [2.45, 2.75) is 38.5 Å². The second kappa shape index (κ2) is 10.1. The summed E-state index contributed by atoms with van der Waals surface area (Å²) in [6.45, 7) is 2.94. The average molecular weight is 350 g/mol. The number of hydrogen-bond donors (Lipinski definition) is 2. The Kier molecular flexibility index (Phi) is 7.82. The molecule has 132 valence electrons. The van der Waals surface area contributed by atoms with Gasteiger partial charge in [0.25, 0.3) is 0 Å². The van der Waals surface area contributed by atoms with Crippen LogP contribution < -0.4 is 15.5 Å². The normalized spacial score (nSPS) is 14.6. The zero-order valence-electron chi connectivity index (χ0n) is 14.3.